The molecule has 1 aliphatic rings. The molecule has 0 aliphatic carbocycles. The Hall–Kier alpha value is -1.11. The van der Waals surface area contributed by atoms with Gasteiger partial charge in [0.05, 0.1) is 25.4 Å². The molecule has 0 radical (unpaired) electrons. The smallest absolute Gasteiger partial charge is 0.249 e. The third-order valence-corrected chi connectivity index (χ3v) is 12.7. The molecule has 362 valence electrons. The number of carbonyl (C=O) groups is 1. The highest BCUT2D eigenvalue weighted by Crippen LogP contribution is 2.23. The summed E-state index contributed by atoms with van der Waals surface area (Å²) in [6, 6.07) is -0.893. The third kappa shape index (κ3) is 31.4. The van der Waals surface area contributed by atoms with Gasteiger partial charge in [0.25, 0.3) is 0 Å². The van der Waals surface area contributed by atoms with Crippen molar-refractivity contribution in [1.82, 2.24) is 5.32 Å². The fourth-order valence-corrected chi connectivity index (χ4v) is 8.46. The first-order valence-corrected chi connectivity index (χ1v) is 26.0. The molecule has 1 aliphatic heterocycles. The predicted molar refractivity (Wildman–Crippen MR) is 250 cm³/mol. The average molecular weight is 870 g/mol. The first kappa shape index (κ1) is 57.9. The van der Waals surface area contributed by atoms with E-state index in [0.29, 0.717) is 12.8 Å². The fourth-order valence-electron chi connectivity index (χ4n) is 8.46. The standard InChI is InChI=1S/C51H99NO9/c1-3-5-7-9-11-13-15-17-18-19-20-21-22-23-24-25-26-28-30-32-34-36-38-40-45(55)50(59)52-43(42-60-51-49(58)48(57)47(56)46(41-53)61-51)44(54)39-37-35-33-31-29-27-16-14-12-10-8-6-4-2/h23-24,43-49,51,53-58H,3-22,25-42H2,1-2H3,(H,52,59)/b24-23-. The highest BCUT2D eigenvalue weighted by molar-refractivity contribution is 5.80. The molecule has 0 aromatic carbocycles. The number of hydrogen-bond donors (Lipinski definition) is 7. The molecule has 0 saturated carbocycles. The van der Waals surface area contributed by atoms with Crippen molar-refractivity contribution in [2.45, 2.75) is 294 Å². The van der Waals surface area contributed by atoms with Crippen LogP contribution in [0.1, 0.15) is 245 Å². The Morgan fingerprint density at radius 3 is 1.33 bits per heavy atom. The molecule has 1 rings (SSSR count). The number of nitrogens with one attached hydrogen (secondary N) is 1. The van der Waals surface area contributed by atoms with Crippen molar-refractivity contribution in [1.29, 1.82) is 0 Å². The second-order valence-corrected chi connectivity index (χ2v) is 18.5. The number of rotatable bonds is 44. The van der Waals surface area contributed by atoms with E-state index in [1.807, 2.05) is 0 Å². The monoisotopic (exact) mass is 870 g/mol. The van der Waals surface area contributed by atoms with Gasteiger partial charge in [0.2, 0.25) is 5.91 Å². The molecule has 0 bridgehead atoms. The van der Waals surface area contributed by atoms with Gasteiger partial charge < -0.3 is 45.4 Å². The highest BCUT2D eigenvalue weighted by Gasteiger charge is 2.44. The van der Waals surface area contributed by atoms with Gasteiger partial charge in [-0.1, -0.05) is 219 Å². The largest absolute Gasteiger partial charge is 0.394 e. The maximum atomic E-state index is 13.1. The van der Waals surface area contributed by atoms with Crippen LogP contribution >= 0.6 is 0 Å². The van der Waals surface area contributed by atoms with Crippen LogP contribution in [0.4, 0.5) is 0 Å². The number of hydrogen-bond acceptors (Lipinski definition) is 9. The van der Waals surface area contributed by atoms with E-state index in [4.69, 9.17) is 9.47 Å². The van der Waals surface area contributed by atoms with Gasteiger partial charge in [0.1, 0.15) is 30.5 Å². The third-order valence-electron chi connectivity index (χ3n) is 12.7. The Kier molecular flexibility index (Phi) is 39.5. The lowest BCUT2D eigenvalue weighted by Gasteiger charge is -2.40. The van der Waals surface area contributed by atoms with E-state index in [1.165, 1.54) is 161 Å². The normalized spacial score (nSPS) is 21.0. The predicted octanol–water partition coefficient (Wildman–Crippen LogP) is 10.6. The maximum absolute atomic E-state index is 13.1. The second kappa shape index (κ2) is 41.6. The summed E-state index contributed by atoms with van der Waals surface area (Å²) in [5.74, 6) is -0.585. The van der Waals surface area contributed by atoms with E-state index in [1.54, 1.807) is 0 Å². The van der Waals surface area contributed by atoms with Gasteiger partial charge in [0.15, 0.2) is 6.29 Å². The molecule has 1 fully saturated rings. The Morgan fingerprint density at radius 2 is 0.918 bits per heavy atom. The summed E-state index contributed by atoms with van der Waals surface area (Å²) in [5, 5.41) is 65.0. The van der Waals surface area contributed by atoms with Crippen LogP contribution in [-0.2, 0) is 14.3 Å². The summed E-state index contributed by atoms with van der Waals surface area (Å²) in [7, 11) is 0. The molecule has 0 spiro atoms. The number of aliphatic hydroxyl groups is 6. The van der Waals surface area contributed by atoms with Crippen LogP contribution in [0.2, 0.25) is 0 Å². The number of amides is 1. The zero-order chi connectivity index (χ0) is 44.6. The summed E-state index contributed by atoms with van der Waals surface area (Å²) >= 11 is 0. The summed E-state index contributed by atoms with van der Waals surface area (Å²) in [6.45, 7) is 3.68. The lowest BCUT2D eigenvalue weighted by atomic mass is 9.99. The molecule has 7 N–H and O–H groups in total. The summed E-state index contributed by atoms with van der Waals surface area (Å²) in [6.07, 6.45) is 38.4. The minimum atomic E-state index is -1.60. The summed E-state index contributed by atoms with van der Waals surface area (Å²) < 4.78 is 11.2. The minimum Gasteiger partial charge on any atom is -0.394 e. The SMILES string of the molecule is CCCCCCCCCCCCCC/C=C\CCCCCCCCCC(O)C(=O)NC(COC1OC(CO)C(O)C(O)C1O)C(O)CCCCCCCCCCCCCCC. The van der Waals surface area contributed by atoms with Crippen LogP contribution in [0, 0.1) is 0 Å². The van der Waals surface area contributed by atoms with Crippen molar-refractivity contribution in [3.05, 3.63) is 12.2 Å². The molecule has 61 heavy (non-hydrogen) atoms. The summed E-state index contributed by atoms with van der Waals surface area (Å²) in [4.78, 5) is 13.1. The molecular formula is C51H99NO9. The summed E-state index contributed by atoms with van der Waals surface area (Å²) in [5.41, 5.74) is 0. The lowest BCUT2D eigenvalue weighted by Crippen LogP contribution is -2.60. The van der Waals surface area contributed by atoms with Crippen LogP contribution in [0.15, 0.2) is 12.2 Å². The number of ether oxygens (including phenoxy) is 2. The van der Waals surface area contributed by atoms with Crippen molar-refractivity contribution >= 4 is 5.91 Å². The molecule has 1 heterocycles. The van der Waals surface area contributed by atoms with E-state index in [9.17, 15) is 35.4 Å². The minimum absolute atomic E-state index is 0.254. The van der Waals surface area contributed by atoms with Crippen LogP contribution in [0.25, 0.3) is 0 Å². The van der Waals surface area contributed by atoms with Gasteiger partial charge in [0, 0.05) is 0 Å². The molecule has 1 saturated heterocycles. The Labute approximate surface area is 374 Å². The molecule has 10 heteroatoms. The molecule has 8 unspecified atom stereocenters. The van der Waals surface area contributed by atoms with E-state index in [0.717, 1.165) is 57.8 Å². The van der Waals surface area contributed by atoms with E-state index in [2.05, 4.69) is 31.3 Å². The first-order chi connectivity index (χ1) is 29.8. The fraction of sp³-hybridized carbons (Fsp3) is 0.941. The zero-order valence-electron chi connectivity index (χ0n) is 39.6. The number of allylic oxidation sites excluding steroid dienone is 2. The molecule has 0 aromatic rings. The number of carbonyl (C=O) groups excluding carboxylic acids is 1. The van der Waals surface area contributed by atoms with Gasteiger partial charge in [-0.3, -0.25) is 4.79 Å². The number of unbranched alkanes of at least 4 members (excludes halogenated alkanes) is 31. The molecule has 0 aromatic heterocycles. The average Bonchev–Trinajstić information content (AvgIpc) is 3.26. The van der Waals surface area contributed by atoms with E-state index in [-0.39, 0.29) is 6.61 Å². The molecule has 8 atom stereocenters. The van der Waals surface area contributed by atoms with Crippen LogP contribution < -0.4 is 5.32 Å². The Bertz CT molecular complexity index is 984. The van der Waals surface area contributed by atoms with E-state index < -0.39 is 61.5 Å². The lowest BCUT2D eigenvalue weighted by molar-refractivity contribution is -0.302. The van der Waals surface area contributed by atoms with Gasteiger partial charge >= 0.3 is 0 Å². The second-order valence-electron chi connectivity index (χ2n) is 18.5. The topological polar surface area (TPSA) is 169 Å². The van der Waals surface area contributed by atoms with Crippen LogP contribution in [0.3, 0.4) is 0 Å². The number of aliphatic hydroxyl groups excluding tert-OH is 6. The molecule has 10 nitrogen and oxygen atoms in total. The Balaban J connectivity index is 2.28. The first-order valence-electron chi connectivity index (χ1n) is 26.0. The van der Waals surface area contributed by atoms with Crippen molar-refractivity contribution < 1.29 is 44.9 Å². The quantitative estimate of drug-likeness (QED) is 0.0233. The van der Waals surface area contributed by atoms with E-state index >= 15 is 0 Å². The maximum Gasteiger partial charge on any atom is 0.249 e. The van der Waals surface area contributed by atoms with Gasteiger partial charge in [-0.25, -0.2) is 0 Å². The Morgan fingerprint density at radius 1 is 0.541 bits per heavy atom. The van der Waals surface area contributed by atoms with Crippen LogP contribution in [-0.4, -0.2) is 98.7 Å². The van der Waals surface area contributed by atoms with Gasteiger partial charge in [-0.05, 0) is 38.5 Å². The van der Waals surface area contributed by atoms with Crippen molar-refractivity contribution in [2.75, 3.05) is 13.2 Å². The van der Waals surface area contributed by atoms with Crippen molar-refractivity contribution in [2.24, 2.45) is 0 Å². The molecule has 1 amide bonds. The zero-order valence-corrected chi connectivity index (χ0v) is 39.6. The molecular weight excluding hydrogens is 771 g/mol. The van der Waals surface area contributed by atoms with Crippen LogP contribution in [0.5, 0.6) is 0 Å². The van der Waals surface area contributed by atoms with Gasteiger partial charge in [-0.15, -0.1) is 0 Å². The van der Waals surface area contributed by atoms with Gasteiger partial charge in [-0.2, -0.15) is 0 Å². The van der Waals surface area contributed by atoms with Crippen molar-refractivity contribution in [3.8, 4) is 0 Å². The highest BCUT2D eigenvalue weighted by atomic mass is 16.7. The van der Waals surface area contributed by atoms with Crippen molar-refractivity contribution in [3.63, 3.8) is 0 Å².